The summed E-state index contributed by atoms with van der Waals surface area (Å²) in [7, 11) is 0. The number of hydrogen-bond donors (Lipinski definition) is 1. The van der Waals surface area contributed by atoms with E-state index < -0.39 is 0 Å². The molecule has 0 atom stereocenters. The lowest BCUT2D eigenvalue weighted by Crippen LogP contribution is -2.35. The standard InChI is InChI=1S/C29H35FN2/c1-3-24-21-32(29-16-15-22(2)17-28(29)30)27(18-23-11-7-6-8-12-23)19-25(24)20-31-26-13-9-4-5-10-14-26/h4-8,11-12,15-17,19,26,31H,3,9-10,13-14,18,20-21H2,1-2H3. The Hall–Kier alpha value is -2.65. The summed E-state index contributed by atoms with van der Waals surface area (Å²) in [6.45, 7) is 5.79. The van der Waals surface area contributed by atoms with Crippen molar-refractivity contribution in [3.63, 3.8) is 0 Å². The first-order valence-corrected chi connectivity index (χ1v) is 12.0. The van der Waals surface area contributed by atoms with Crippen molar-refractivity contribution in [3.05, 3.63) is 101 Å². The highest BCUT2D eigenvalue weighted by atomic mass is 19.1. The molecule has 3 heteroatoms. The molecule has 1 aliphatic carbocycles. The van der Waals surface area contributed by atoms with Crippen molar-refractivity contribution in [2.45, 2.75) is 58.4 Å². The van der Waals surface area contributed by atoms with Crippen molar-refractivity contribution in [1.29, 1.82) is 0 Å². The zero-order chi connectivity index (χ0) is 22.3. The highest BCUT2D eigenvalue weighted by molar-refractivity contribution is 5.59. The van der Waals surface area contributed by atoms with Gasteiger partial charge < -0.3 is 10.2 Å². The Morgan fingerprint density at radius 3 is 2.47 bits per heavy atom. The van der Waals surface area contributed by atoms with E-state index >= 15 is 4.39 Å². The molecule has 2 aromatic carbocycles. The van der Waals surface area contributed by atoms with Gasteiger partial charge in [-0.25, -0.2) is 4.39 Å². The van der Waals surface area contributed by atoms with Crippen molar-refractivity contribution in [1.82, 2.24) is 5.32 Å². The molecule has 0 aromatic heterocycles. The first-order valence-electron chi connectivity index (χ1n) is 12.0. The summed E-state index contributed by atoms with van der Waals surface area (Å²) < 4.78 is 15.0. The van der Waals surface area contributed by atoms with Crippen molar-refractivity contribution in [2.24, 2.45) is 0 Å². The molecule has 0 unspecified atom stereocenters. The summed E-state index contributed by atoms with van der Waals surface area (Å²) >= 11 is 0. The minimum atomic E-state index is -0.146. The molecule has 1 heterocycles. The van der Waals surface area contributed by atoms with Gasteiger partial charge in [-0.3, -0.25) is 0 Å². The second-order valence-electron chi connectivity index (χ2n) is 9.03. The highest BCUT2D eigenvalue weighted by Gasteiger charge is 2.23. The fourth-order valence-electron chi connectivity index (χ4n) is 4.75. The smallest absolute Gasteiger partial charge is 0.147 e. The minimum Gasteiger partial charge on any atom is -0.338 e. The molecular weight excluding hydrogens is 395 g/mol. The van der Waals surface area contributed by atoms with E-state index in [1.54, 1.807) is 6.07 Å². The van der Waals surface area contributed by atoms with Gasteiger partial charge in [0, 0.05) is 31.2 Å². The molecule has 32 heavy (non-hydrogen) atoms. The van der Waals surface area contributed by atoms with Crippen LogP contribution in [-0.4, -0.2) is 19.1 Å². The maximum absolute atomic E-state index is 15.0. The molecule has 0 spiro atoms. The summed E-state index contributed by atoms with van der Waals surface area (Å²) in [5.74, 6) is -0.146. The van der Waals surface area contributed by atoms with Gasteiger partial charge in [-0.2, -0.15) is 0 Å². The maximum atomic E-state index is 15.0. The fourth-order valence-corrected chi connectivity index (χ4v) is 4.75. The second-order valence-corrected chi connectivity index (χ2v) is 9.03. The van der Waals surface area contributed by atoms with E-state index in [1.165, 1.54) is 29.6 Å². The molecule has 1 N–H and O–H groups in total. The monoisotopic (exact) mass is 430 g/mol. The number of hydrogen-bond acceptors (Lipinski definition) is 2. The van der Waals surface area contributed by atoms with Crippen LogP contribution in [0.5, 0.6) is 0 Å². The zero-order valence-electron chi connectivity index (χ0n) is 19.4. The average molecular weight is 431 g/mol. The van der Waals surface area contributed by atoms with Gasteiger partial charge in [0.25, 0.3) is 0 Å². The SMILES string of the molecule is CCC1=C(CNC2CCC=CCC2)C=C(Cc2ccccc2)N(c2ccc(C)cc2F)C1. The summed E-state index contributed by atoms with van der Waals surface area (Å²) in [5, 5.41) is 3.82. The van der Waals surface area contributed by atoms with E-state index in [2.05, 4.69) is 59.6 Å². The van der Waals surface area contributed by atoms with Gasteiger partial charge in [-0.1, -0.05) is 55.5 Å². The van der Waals surface area contributed by atoms with Gasteiger partial charge >= 0.3 is 0 Å². The molecule has 0 saturated carbocycles. The highest BCUT2D eigenvalue weighted by Crippen LogP contribution is 2.32. The van der Waals surface area contributed by atoms with E-state index in [9.17, 15) is 0 Å². The van der Waals surface area contributed by atoms with Crippen molar-refractivity contribution in [3.8, 4) is 0 Å². The van der Waals surface area contributed by atoms with Crippen LogP contribution in [0.4, 0.5) is 10.1 Å². The largest absolute Gasteiger partial charge is 0.338 e. The number of benzene rings is 2. The number of anilines is 1. The van der Waals surface area contributed by atoms with Crippen LogP contribution < -0.4 is 10.2 Å². The molecule has 0 fully saturated rings. The van der Waals surface area contributed by atoms with E-state index in [0.717, 1.165) is 50.0 Å². The van der Waals surface area contributed by atoms with Gasteiger partial charge in [-0.05, 0) is 79.5 Å². The van der Waals surface area contributed by atoms with Crippen LogP contribution >= 0.6 is 0 Å². The predicted octanol–water partition coefficient (Wildman–Crippen LogP) is 6.88. The van der Waals surface area contributed by atoms with Gasteiger partial charge in [0.05, 0.1) is 5.69 Å². The molecule has 2 nitrogen and oxygen atoms in total. The average Bonchev–Trinajstić information content (AvgIpc) is 3.08. The van der Waals surface area contributed by atoms with Gasteiger partial charge in [0.1, 0.15) is 5.82 Å². The fraction of sp³-hybridized carbons (Fsp3) is 0.379. The first-order chi connectivity index (χ1) is 15.6. The lowest BCUT2D eigenvalue weighted by Gasteiger charge is -2.34. The minimum absolute atomic E-state index is 0.146. The number of halogens is 1. The Morgan fingerprint density at radius 2 is 1.78 bits per heavy atom. The number of rotatable bonds is 7. The van der Waals surface area contributed by atoms with Crippen LogP contribution in [-0.2, 0) is 6.42 Å². The molecule has 168 valence electrons. The lowest BCUT2D eigenvalue weighted by atomic mass is 9.95. The lowest BCUT2D eigenvalue weighted by molar-refractivity contribution is 0.483. The molecule has 0 bridgehead atoms. The third-order valence-corrected chi connectivity index (χ3v) is 6.65. The molecule has 2 aliphatic rings. The molecular formula is C29H35FN2. The van der Waals surface area contributed by atoms with Gasteiger partial charge in [-0.15, -0.1) is 0 Å². The van der Waals surface area contributed by atoms with Crippen LogP contribution in [0.2, 0.25) is 0 Å². The van der Waals surface area contributed by atoms with Gasteiger partial charge in [0.15, 0.2) is 0 Å². The predicted molar refractivity (Wildman–Crippen MR) is 133 cm³/mol. The van der Waals surface area contributed by atoms with Gasteiger partial charge in [0.2, 0.25) is 0 Å². The molecule has 0 saturated heterocycles. The topological polar surface area (TPSA) is 15.3 Å². The third-order valence-electron chi connectivity index (χ3n) is 6.65. The van der Waals surface area contributed by atoms with Crippen molar-refractivity contribution in [2.75, 3.05) is 18.0 Å². The molecule has 2 aromatic rings. The Kier molecular flexibility index (Phi) is 7.59. The molecule has 0 radical (unpaired) electrons. The van der Waals surface area contributed by atoms with E-state index in [0.29, 0.717) is 11.7 Å². The van der Waals surface area contributed by atoms with Crippen LogP contribution in [0.1, 0.15) is 50.2 Å². The number of aryl methyl sites for hydroxylation is 1. The number of nitrogens with zero attached hydrogens (tertiary/aromatic N) is 1. The van der Waals surface area contributed by atoms with Crippen molar-refractivity contribution < 1.29 is 4.39 Å². The third kappa shape index (κ3) is 5.58. The second kappa shape index (κ2) is 10.8. The Labute approximate surface area is 192 Å². The number of allylic oxidation sites excluding steroid dienone is 3. The molecule has 0 amide bonds. The first kappa shape index (κ1) is 22.5. The summed E-state index contributed by atoms with van der Waals surface area (Å²) in [6.07, 6.45) is 13.4. The number of nitrogens with one attached hydrogen (secondary N) is 1. The molecule has 1 aliphatic heterocycles. The zero-order valence-corrected chi connectivity index (χ0v) is 19.4. The normalized spacial score (nSPS) is 17.5. The Balaban J connectivity index is 1.61. The van der Waals surface area contributed by atoms with Crippen molar-refractivity contribution >= 4 is 5.69 Å². The maximum Gasteiger partial charge on any atom is 0.147 e. The Bertz CT molecular complexity index is 993. The van der Waals surface area contributed by atoms with Crippen LogP contribution in [0.25, 0.3) is 0 Å². The summed E-state index contributed by atoms with van der Waals surface area (Å²) in [6, 6.07) is 16.6. The summed E-state index contributed by atoms with van der Waals surface area (Å²) in [5.41, 5.74) is 6.80. The summed E-state index contributed by atoms with van der Waals surface area (Å²) in [4.78, 5) is 2.18. The molecule has 4 rings (SSSR count). The quantitative estimate of drug-likeness (QED) is 0.482. The van der Waals surface area contributed by atoms with E-state index in [1.807, 2.05) is 25.1 Å². The van der Waals surface area contributed by atoms with Crippen LogP contribution in [0, 0.1) is 12.7 Å². The van der Waals surface area contributed by atoms with Crippen LogP contribution in [0.3, 0.4) is 0 Å². The van der Waals surface area contributed by atoms with E-state index in [4.69, 9.17) is 0 Å². The van der Waals surface area contributed by atoms with E-state index in [-0.39, 0.29) is 5.82 Å². The van der Waals surface area contributed by atoms with Crippen LogP contribution in [0.15, 0.2) is 83.6 Å². The Morgan fingerprint density at radius 1 is 1.03 bits per heavy atom.